The minimum atomic E-state index is 0. The van der Waals surface area contributed by atoms with E-state index in [-0.39, 0.29) is 25.5 Å². The molecule has 103 valence electrons. The largest absolute Gasteiger partial charge is 0.290 e. The van der Waals surface area contributed by atoms with E-state index in [1.165, 1.54) is 39.1 Å². The molecule has 0 bridgehead atoms. The van der Waals surface area contributed by atoms with Gasteiger partial charge in [0.25, 0.3) is 0 Å². The number of fused-ring (bicyclic) bond motifs is 4. The third-order valence-electron chi connectivity index (χ3n) is 4.56. The number of benzene rings is 1. The second kappa shape index (κ2) is 4.38. The normalized spacial score (nSPS) is 21.2. The zero-order valence-electron chi connectivity index (χ0n) is 11.9. The van der Waals surface area contributed by atoms with Crippen molar-refractivity contribution in [3.05, 3.63) is 64.3 Å². The standard InChI is InChI=1S/C18H16N.Ir/c1-11-12-8-6-10-19-17(12)15-13-7-4-5-9-14(13)18(2,3)16(11)15;/h4-6,8-9H,10H2,1-3H3;/q-1;. The fourth-order valence-corrected chi connectivity index (χ4v) is 3.76. The van der Waals surface area contributed by atoms with Gasteiger partial charge in [-0.05, 0) is 23.5 Å². The van der Waals surface area contributed by atoms with E-state index in [2.05, 4.69) is 51.1 Å². The van der Waals surface area contributed by atoms with Gasteiger partial charge in [-0.2, -0.15) is 0 Å². The van der Waals surface area contributed by atoms with Crippen molar-refractivity contribution in [1.29, 1.82) is 0 Å². The topological polar surface area (TPSA) is 12.4 Å². The van der Waals surface area contributed by atoms with Crippen LogP contribution < -0.4 is 0 Å². The molecule has 1 nitrogen and oxygen atoms in total. The summed E-state index contributed by atoms with van der Waals surface area (Å²) < 4.78 is 0. The summed E-state index contributed by atoms with van der Waals surface area (Å²) in [6.45, 7) is 7.66. The number of hydrogen-bond acceptors (Lipinski definition) is 1. The van der Waals surface area contributed by atoms with Gasteiger partial charge in [0.15, 0.2) is 0 Å². The van der Waals surface area contributed by atoms with E-state index in [1.807, 2.05) is 6.07 Å². The van der Waals surface area contributed by atoms with Crippen LogP contribution in [0.5, 0.6) is 0 Å². The molecule has 0 amide bonds. The van der Waals surface area contributed by atoms with Crippen molar-refractivity contribution >= 4 is 11.3 Å². The van der Waals surface area contributed by atoms with Gasteiger partial charge in [0.05, 0.1) is 6.54 Å². The first-order valence-electron chi connectivity index (χ1n) is 6.81. The molecular weight excluding hydrogens is 422 g/mol. The Morgan fingerprint density at radius 2 is 2.10 bits per heavy atom. The summed E-state index contributed by atoms with van der Waals surface area (Å²) in [4.78, 5) is 4.74. The predicted octanol–water partition coefficient (Wildman–Crippen LogP) is 3.87. The van der Waals surface area contributed by atoms with Crippen LogP contribution in [-0.2, 0) is 25.5 Å². The first-order valence-corrected chi connectivity index (χ1v) is 6.81. The summed E-state index contributed by atoms with van der Waals surface area (Å²) in [5.41, 5.74) is 9.37. The Hall–Kier alpha value is -1.24. The molecular formula is C18H16IrN-. The number of aliphatic imine (C=N–C) groups is 1. The SMILES string of the molecule is CC1=C2C=CCN=C2C2=C1C(C)(C)c1ccc[c-]c12.[Ir]. The van der Waals surface area contributed by atoms with Gasteiger partial charge in [-0.15, -0.1) is 35.4 Å². The van der Waals surface area contributed by atoms with Crippen LogP contribution in [0, 0.1) is 6.07 Å². The molecule has 1 aromatic carbocycles. The van der Waals surface area contributed by atoms with E-state index in [0.29, 0.717) is 0 Å². The van der Waals surface area contributed by atoms with Gasteiger partial charge in [-0.1, -0.05) is 37.1 Å². The van der Waals surface area contributed by atoms with Crippen molar-refractivity contribution in [1.82, 2.24) is 0 Å². The van der Waals surface area contributed by atoms with E-state index in [1.54, 1.807) is 0 Å². The summed E-state index contributed by atoms with van der Waals surface area (Å²) in [7, 11) is 0. The molecule has 2 aliphatic carbocycles. The molecule has 3 aliphatic rings. The van der Waals surface area contributed by atoms with Gasteiger partial charge in [-0.25, -0.2) is 0 Å². The Morgan fingerprint density at radius 3 is 2.90 bits per heavy atom. The Bertz CT molecular complexity index is 730. The minimum Gasteiger partial charge on any atom is -0.290 e. The van der Waals surface area contributed by atoms with Gasteiger partial charge in [0, 0.05) is 25.8 Å². The fraction of sp³-hybridized carbons (Fsp3) is 0.278. The van der Waals surface area contributed by atoms with Gasteiger partial charge < -0.3 is 0 Å². The molecule has 0 spiro atoms. The van der Waals surface area contributed by atoms with Crippen molar-refractivity contribution in [3.63, 3.8) is 0 Å². The fourth-order valence-electron chi connectivity index (χ4n) is 3.76. The van der Waals surface area contributed by atoms with Crippen LogP contribution in [0.2, 0.25) is 0 Å². The molecule has 0 saturated carbocycles. The molecule has 0 unspecified atom stereocenters. The van der Waals surface area contributed by atoms with Crippen LogP contribution in [0.25, 0.3) is 5.57 Å². The maximum Gasteiger partial charge on any atom is 0.0571 e. The van der Waals surface area contributed by atoms with Crippen LogP contribution in [0.4, 0.5) is 0 Å². The zero-order valence-corrected chi connectivity index (χ0v) is 14.3. The van der Waals surface area contributed by atoms with Crippen molar-refractivity contribution in [2.24, 2.45) is 4.99 Å². The first-order chi connectivity index (χ1) is 9.12. The third kappa shape index (κ3) is 1.50. The molecule has 1 radical (unpaired) electrons. The number of hydrogen-bond donors (Lipinski definition) is 0. The smallest absolute Gasteiger partial charge is 0.0571 e. The summed E-state index contributed by atoms with van der Waals surface area (Å²) >= 11 is 0. The van der Waals surface area contributed by atoms with Crippen molar-refractivity contribution in [2.75, 3.05) is 6.54 Å². The molecule has 20 heavy (non-hydrogen) atoms. The second-order valence-electron chi connectivity index (χ2n) is 5.96. The Kier molecular flexibility index (Phi) is 3.00. The summed E-state index contributed by atoms with van der Waals surface area (Å²) in [6, 6.07) is 9.77. The summed E-state index contributed by atoms with van der Waals surface area (Å²) in [6.07, 6.45) is 4.38. The minimum absolute atomic E-state index is 0. The molecule has 0 fully saturated rings. The van der Waals surface area contributed by atoms with Crippen LogP contribution in [0.1, 0.15) is 31.9 Å². The van der Waals surface area contributed by atoms with E-state index in [9.17, 15) is 0 Å². The quantitative estimate of drug-likeness (QED) is 0.546. The molecule has 0 atom stereocenters. The molecule has 0 N–H and O–H groups in total. The van der Waals surface area contributed by atoms with Crippen molar-refractivity contribution in [3.8, 4) is 0 Å². The van der Waals surface area contributed by atoms with Gasteiger partial charge in [-0.3, -0.25) is 4.99 Å². The maximum absolute atomic E-state index is 4.74. The average Bonchev–Trinajstić information content (AvgIpc) is 2.85. The number of dihydropyridines is 1. The number of allylic oxidation sites excluding steroid dienone is 5. The van der Waals surface area contributed by atoms with Crippen molar-refractivity contribution < 1.29 is 20.1 Å². The molecule has 1 heterocycles. The van der Waals surface area contributed by atoms with Gasteiger partial charge >= 0.3 is 0 Å². The van der Waals surface area contributed by atoms with Crippen LogP contribution in [0.3, 0.4) is 0 Å². The first kappa shape index (κ1) is 13.7. The summed E-state index contributed by atoms with van der Waals surface area (Å²) in [5.74, 6) is 0. The molecule has 0 aromatic heterocycles. The number of nitrogens with zero attached hydrogens (tertiary/aromatic N) is 1. The van der Waals surface area contributed by atoms with Crippen LogP contribution >= 0.6 is 0 Å². The average molecular weight is 439 g/mol. The van der Waals surface area contributed by atoms with Gasteiger partial charge in [0.1, 0.15) is 0 Å². The molecule has 2 heteroatoms. The van der Waals surface area contributed by atoms with Crippen LogP contribution in [0.15, 0.2) is 52.1 Å². The molecule has 1 aliphatic heterocycles. The molecule has 0 saturated heterocycles. The Morgan fingerprint density at radius 1 is 1.30 bits per heavy atom. The number of rotatable bonds is 0. The second-order valence-corrected chi connectivity index (χ2v) is 5.96. The third-order valence-corrected chi connectivity index (χ3v) is 4.56. The molecule has 4 rings (SSSR count). The Balaban J connectivity index is 0.00000121. The Labute approximate surface area is 133 Å². The molecule has 1 aromatic rings. The van der Waals surface area contributed by atoms with E-state index in [0.717, 1.165) is 6.54 Å². The van der Waals surface area contributed by atoms with Crippen molar-refractivity contribution in [2.45, 2.75) is 26.2 Å². The zero-order chi connectivity index (χ0) is 13.2. The predicted molar refractivity (Wildman–Crippen MR) is 79.4 cm³/mol. The summed E-state index contributed by atoms with van der Waals surface area (Å²) in [5, 5.41) is 0. The van der Waals surface area contributed by atoms with Gasteiger partial charge in [0.2, 0.25) is 0 Å². The maximum atomic E-state index is 4.74. The van der Waals surface area contributed by atoms with E-state index in [4.69, 9.17) is 4.99 Å². The monoisotopic (exact) mass is 439 g/mol. The van der Waals surface area contributed by atoms with E-state index < -0.39 is 0 Å². The van der Waals surface area contributed by atoms with Crippen LogP contribution in [-0.4, -0.2) is 12.3 Å². The van der Waals surface area contributed by atoms with E-state index >= 15 is 0 Å².